The number of rotatable bonds is 36. The summed E-state index contributed by atoms with van der Waals surface area (Å²) in [4.78, 5) is 12.6. The van der Waals surface area contributed by atoms with Crippen LogP contribution in [0.15, 0.2) is 211 Å². The van der Waals surface area contributed by atoms with Crippen LogP contribution >= 0.6 is 31.1 Å². The Morgan fingerprint density at radius 2 is 0.777 bits per heavy atom. The van der Waals surface area contributed by atoms with Gasteiger partial charge in [-0.3, -0.25) is 4.79 Å². The van der Waals surface area contributed by atoms with Crippen molar-refractivity contribution in [2.45, 2.75) is 161 Å². The van der Waals surface area contributed by atoms with Crippen LogP contribution in [0.2, 0.25) is 5.02 Å². The van der Waals surface area contributed by atoms with Crippen molar-refractivity contribution < 1.29 is 123 Å². The summed E-state index contributed by atoms with van der Waals surface area (Å²) in [6.07, 6.45) is 4.80. The molecule has 10 aromatic rings. The Morgan fingerprint density at radius 3 is 1.10 bits per heavy atom. The van der Waals surface area contributed by atoms with Gasteiger partial charge in [0.1, 0.15) is 97.9 Å². The molecule has 0 radical (unpaired) electrons. The van der Waals surface area contributed by atoms with Crippen LogP contribution in [0.5, 0.6) is 28.7 Å². The van der Waals surface area contributed by atoms with E-state index < -0.39 is 8.16 Å². The van der Waals surface area contributed by atoms with E-state index in [1.807, 2.05) is 103 Å². The Kier molecular flexibility index (Phi) is 40.3. The van der Waals surface area contributed by atoms with Crippen molar-refractivity contribution in [1.29, 1.82) is 0 Å². The van der Waals surface area contributed by atoms with E-state index in [1.165, 1.54) is 40.5 Å². The van der Waals surface area contributed by atoms with Crippen LogP contribution in [0.1, 0.15) is 127 Å². The molecule has 8 fully saturated rings. The Hall–Kier alpha value is -7.62. The molecule has 130 heavy (non-hydrogen) atoms. The number of ether oxygens (including phenoxy) is 16. The Morgan fingerprint density at radius 1 is 0.438 bits per heavy atom. The molecule has 7 unspecified atom stereocenters. The average Bonchev–Trinajstić information content (AvgIpc) is 1.71. The van der Waals surface area contributed by atoms with Crippen LogP contribution < -0.4 is 66.5 Å². The Labute approximate surface area is 780 Å². The van der Waals surface area contributed by atoms with E-state index >= 15 is 0 Å². The van der Waals surface area contributed by atoms with Crippen molar-refractivity contribution in [1.82, 2.24) is 0 Å². The van der Waals surface area contributed by atoms with Gasteiger partial charge in [-0.05, 0) is 172 Å². The van der Waals surface area contributed by atoms with Crippen LogP contribution in [0, 0.1) is 12.6 Å². The molecule has 1 aromatic heterocycles. The normalized spacial score (nSPS) is 19.2. The number of nitrogens with two attached hydrogens (primary N) is 2. The molecule has 0 spiro atoms. The van der Waals surface area contributed by atoms with Gasteiger partial charge in [-0.1, -0.05) is 190 Å². The van der Waals surface area contributed by atoms with E-state index in [4.69, 9.17) is 94.1 Å². The third-order valence-electron chi connectivity index (χ3n) is 21.3. The molecule has 0 bridgehead atoms. The maximum Gasteiger partial charge on any atom is 0.119 e. The Bertz CT molecular complexity index is 4830. The second-order valence-corrected chi connectivity index (χ2v) is 40.8. The molecule has 0 aliphatic carbocycles. The first-order valence-corrected chi connectivity index (χ1v) is 49.0. The average molecular weight is 1980 g/mol. The van der Waals surface area contributed by atoms with Crippen molar-refractivity contribution in [3.05, 3.63) is 273 Å². The van der Waals surface area contributed by atoms with Gasteiger partial charge in [0.05, 0.1) is 121 Å². The smallest absolute Gasteiger partial charge is 0.119 e. The standard InChI is InChI=1S/C21H24O4.C20H26I.C19H20O4.C16H13ClO2S.C15H26O6.C8H12N2.C2H4O.F5P.FH/c1-21(2,15-3-7-17(8-4-15)22-11-19-13-24-19)16-5-9-18(10-6-16)23-12-20-14-25-20;1-19(2,3)15-7-11-17(12-8-15)21-18-13-9-16(10-14-18)20(4,5)6;1-5-16(20-10-18-12-22-18)6-2-14(1)9-15-3-7-17(8-4-15)21-11-19-13-23-19;1-2-9-19-12-8-7-11(17)14-15(18)10-5-3-4-6-13(10)20-16(12)14;1-2-15(9-16-3-12-6-19-12,10-17-4-13-7-20-13)11-18-5-14-8-21-14;9-5-7-2-1-3-8(4-7)6-10;1-2-3-1;1-6(2,3,4)5;/h3-10,19-20H,11-14H2,1-2H3;7-14H,1-6H3;1-8,18-19H,9-13H2;3-8H,2,9H2,1H3;12-14H,2-11H2,1H3;1-4H,5-6,9-10H2;1-2H2;;1H/q;+1;;;;;;;/p-1. The summed E-state index contributed by atoms with van der Waals surface area (Å²) in [5.41, 5.74) is 21.3. The summed E-state index contributed by atoms with van der Waals surface area (Å²) in [7, 11) is -8.55. The molecular weight excluding hydrogens is 1850 g/mol. The maximum atomic E-state index is 12.6. The van der Waals surface area contributed by atoms with Gasteiger partial charge in [-0.2, -0.15) is 0 Å². The predicted molar refractivity (Wildman–Crippen MR) is 496 cm³/mol. The number of halogens is 8. The van der Waals surface area contributed by atoms with Crippen molar-refractivity contribution in [3.8, 4) is 28.7 Å². The number of fused-ring (bicyclic) bond motifs is 2. The largest absolute Gasteiger partial charge is 1.00 e. The minimum atomic E-state index is -8.55. The van der Waals surface area contributed by atoms with E-state index in [1.54, 1.807) is 17.4 Å². The van der Waals surface area contributed by atoms with Gasteiger partial charge in [0.2, 0.25) is 0 Å². The summed E-state index contributed by atoms with van der Waals surface area (Å²) in [5, 5.41) is 1.75. The fraction of sp³-hybridized carbons (Fsp3) is 0.455. The number of hydrogen-bond donors (Lipinski definition) is 2. The molecule has 708 valence electrons. The quantitative estimate of drug-likeness (QED) is 0.0122. The van der Waals surface area contributed by atoms with Gasteiger partial charge in [-0.25, -0.2) is 0 Å². The van der Waals surface area contributed by atoms with Crippen molar-refractivity contribution in [2.24, 2.45) is 16.9 Å². The van der Waals surface area contributed by atoms with E-state index in [-0.39, 0.29) is 65.2 Å². The second kappa shape index (κ2) is 50.1. The maximum absolute atomic E-state index is 12.6. The summed E-state index contributed by atoms with van der Waals surface area (Å²) < 4.78 is 141. The fourth-order valence-electron chi connectivity index (χ4n) is 12.5. The van der Waals surface area contributed by atoms with Gasteiger partial charge in [0, 0.05) is 34.0 Å². The van der Waals surface area contributed by atoms with Crippen molar-refractivity contribution in [3.63, 3.8) is 0 Å². The second-order valence-electron chi connectivity index (χ2n) is 35.1. The first-order chi connectivity index (χ1) is 61.7. The van der Waals surface area contributed by atoms with Crippen LogP contribution in [-0.2, 0) is 87.9 Å². The molecule has 19 nitrogen and oxygen atoms in total. The number of benzene rings is 9. The van der Waals surface area contributed by atoms with E-state index in [2.05, 4.69) is 171 Å². The summed E-state index contributed by atoms with van der Waals surface area (Å²) >= 11 is 7.70. The first kappa shape index (κ1) is 104. The van der Waals surface area contributed by atoms with E-state index in [0.717, 1.165) is 128 Å². The summed E-state index contributed by atoms with van der Waals surface area (Å²) in [6.45, 7) is 38.3. The zero-order chi connectivity index (χ0) is 92.1. The SMILES string of the molecule is C1CO1.CC(C)(C)c1ccc([I+]c2ccc(C(C)(C)C)cc2)cc1.CC(C)(c1ccc(OCC2CO2)cc1)c1ccc(OCC2CO2)cc1.CCC(COCC1CO1)(COCC1CO1)COCC1CO1.CCCOc1ccc(Cl)c2c(=O)c3ccccc3sc12.FP(F)(F)(F)F.NCc1cccc(CN)c1.[F-].c1cc(OCC2CO2)ccc1Cc1ccc(OCC2CO2)cc1. The van der Waals surface area contributed by atoms with Crippen molar-refractivity contribution in [2.75, 3.05) is 132 Å². The minimum Gasteiger partial charge on any atom is -1.00 e. The minimum absolute atomic E-state index is 0. The van der Waals surface area contributed by atoms with E-state index in [0.29, 0.717) is 132 Å². The van der Waals surface area contributed by atoms with Crippen LogP contribution in [0.25, 0.3) is 20.2 Å². The van der Waals surface area contributed by atoms with Gasteiger partial charge in [0.25, 0.3) is 0 Å². The van der Waals surface area contributed by atoms with Gasteiger partial charge >= 0.3 is 50.3 Å². The van der Waals surface area contributed by atoms with Gasteiger partial charge in [0.15, 0.2) is 12.6 Å². The van der Waals surface area contributed by atoms with E-state index in [9.17, 15) is 25.8 Å². The fourth-order valence-corrected chi connectivity index (χ4v) is 16.1. The zero-order valence-electron chi connectivity index (χ0n) is 75.8. The molecule has 0 saturated carbocycles. The molecule has 8 aliphatic heterocycles. The predicted octanol–water partition coefficient (Wildman–Crippen LogP) is 14.9. The van der Waals surface area contributed by atoms with Gasteiger partial charge in [-0.15, -0.1) is 11.3 Å². The molecular formula is C101H125ClF6IN2O17PS. The summed E-state index contributed by atoms with van der Waals surface area (Å²) in [6, 6.07) is 70.8. The van der Waals surface area contributed by atoms with Gasteiger partial charge < -0.3 is 92.0 Å². The number of epoxide rings is 8. The molecule has 7 atom stereocenters. The summed E-state index contributed by atoms with van der Waals surface area (Å²) in [5.74, 6) is 4.31. The van der Waals surface area contributed by atoms with Crippen LogP contribution in [0.4, 0.5) is 21.0 Å². The van der Waals surface area contributed by atoms with Crippen LogP contribution in [-0.4, -0.2) is 175 Å². The molecule has 8 saturated heterocycles. The molecule has 8 aliphatic rings. The third-order valence-corrected chi connectivity index (χ3v) is 25.4. The zero-order valence-corrected chi connectivity index (χ0v) is 80.4. The van der Waals surface area contributed by atoms with Crippen LogP contribution in [0.3, 0.4) is 0 Å². The van der Waals surface area contributed by atoms with Crippen molar-refractivity contribution >= 4 is 51.3 Å². The Balaban J connectivity index is 0.000000160. The molecule has 29 heteroatoms. The molecule has 9 aromatic carbocycles. The number of hydrogen-bond acceptors (Lipinski definition) is 20. The first-order valence-electron chi connectivity index (χ1n) is 44.0. The molecule has 0 amide bonds. The molecule has 18 rings (SSSR count). The molecule has 9 heterocycles. The molecule has 4 N–H and O–H groups in total. The monoisotopic (exact) mass is 1980 g/mol. The third kappa shape index (κ3) is 39.5. The topological polar surface area (TPSA) is 243 Å².